The smallest absolute Gasteiger partial charge is 0.257 e. The number of aromatic nitrogens is 3. The molecule has 2 aromatic carbocycles. The van der Waals surface area contributed by atoms with E-state index in [-0.39, 0.29) is 12.7 Å². The van der Waals surface area contributed by atoms with Crippen LogP contribution in [0.2, 0.25) is 0 Å². The Morgan fingerprint density at radius 2 is 1.77 bits per heavy atom. The minimum absolute atomic E-state index is 0.0238. The quantitative estimate of drug-likeness (QED) is 0.444. The van der Waals surface area contributed by atoms with E-state index in [2.05, 4.69) is 22.9 Å². The molecule has 1 fully saturated rings. The van der Waals surface area contributed by atoms with Gasteiger partial charge in [0.1, 0.15) is 0 Å². The van der Waals surface area contributed by atoms with Gasteiger partial charge in [-0.1, -0.05) is 43.3 Å². The second-order valence-corrected chi connectivity index (χ2v) is 8.89. The summed E-state index contributed by atoms with van der Waals surface area (Å²) in [7, 11) is 0. The van der Waals surface area contributed by atoms with E-state index in [1.807, 2.05) is 57.9 Å². The third-order valence-electron chi connectivity index (χ3n) is 6.72. The van der Waals surface area contributed by atoms with Gasteiger partial charge in [-0.05, 0) is 24.1 Å². The highest BCUT2D eigenvalue weighted by Gasteiger charge is 2.26. The Labute approximate surface area is 203 Å². The molecule has 4 aromatic rings. The predicted molar refractivity (Wildman–Crippen MR) is 132 cm³/mol. The van der Waals surface area contributed by atoms with E-state index >= 15 is 0 Å². The number of carbonyl (C=O) groups is 1. The fourth-order valence-corrected chi connectivity index (χ4v) is 4.83. The largest absolute Gasteiger partial charge is 0.454 e. The lowest BCUT2D eigenvalue weighted by atomic mass is 10.1. The molecule has 0 saturated carbocycles. The summed E-state index contributed by atoms with van der Waals surface area (Å²) in [5, 5.41) is 4.78. The van der Waals surface area contributed by atoms with Crippen molar-refractivity contribution in [2.24, 2.45) is 0 Å². The van der Waals surface area contributed by atoms with Crippen molar-refractivity contribution in [1.82, 2.24) is 24.4 Å². The molecule has 2 aromatic heterocycles. The highest BCUT2D eigenvalue weighted by atomic mass is 16.7. The number of rotatable bonds is 5. The van der Waals surface area contributed by atoms with Gasteiger partial charge in [-0.25, -0.2) is 9.50 Å². The van der Waals surface area contributed by atoms with Gasteiger partial charge in [0.05, 0.1) is 17.0 Å². The van der Waals surface area contributed by atoms with E-state index in [4.69, 9.17) is 14.6 Å². The van der Waals surface area contributed by atoms with Gasteiger partial charge < -0.3 is 14.4 Å². The molecule has 0 atom stereocenters. The molecule has 1 amide bonds. The van der Waals surface area contributed by atoms with Crippen molar-refractivity contribution in [2.45, 2.75) is 19.9 Å². The van der Waals surface area contributed by atoms with E-state index in [1.54, 1.807) is 6.20 Å². The molecule has 4 heterocycles. The zero-order valence-corrected chi connectivity index (χ0v) is 19.7. The van der Waals surface area contributed by atoms with Gasteiger partial charge >= 0.3 is 0 Å². The molecule has 1 saturated heterocycles. The molecular weight excluding hydrogens is 442 g/mol. The minimum atomic E-state index is 0.0238. The van der Waals surface area contributed by atoms with E-state index in [0.717, 1.165) is 53.7 Å². The fourth-order valence-electron chi connectivity index (χ4n) is 4.83. The van der Waals surface area contributed by atoms with Crippen LogP contribution in [0.25, 0.3) is 16.9 Å². The van der Waals surface area contributed by atoms with Gasteiger partial charge in [0, 0.05) is 50.6 Å². The molecule has 0 spiro atoms. The van der Waals surface area contributed by atoms with Crippen molar-refractivity contribution in [3.8, 4) is 22.8 Å². The second kappa shape index (κ2) is 9.03. The summed E-state index contributed by atoms with van der Waals surface area (Å²) < 4.78 is 12.7. The third-order valence-corrected chi connectivity index (χ3v) is 6.72. The molecule has 0 radical (unpaired) electrons. The van der Waals surface area contributed by atoms with Crippen LogP contribution < -0.4 is 9.47 Å². The van der Waals surface area contributed by atoms with Crippen LogP contribution in [-0.2, 0) is 13.0 Å². The van der Waals surface area contributed by atoms with Crippen molar-refractivity contribution >= 4 is 11.6 Å². The van der Waals surface area contributed by atoms with Crippen LogP contribution in [0.1, 0.15) is 28.5 Å². The first-order valence-corrected chi connectivity index (χ1v) is 12.0. The van der Waals surface area contributed by atoms with Crippen molar-refractivity contribution in [1.29, 1.82) is 0 Å². The fraction of sp³-hybridized carbons (Fsp3) is 0.296. The van der Waals surface area contributed by atoms with E-state index < -0.39 is 0 Å². The van der Waals surface area contributed by atoms with Gasteiger partial charge in [0.2, 0.25) is 6.79 Å². The zero-order valence-electron chi connectivity index (χ0n) is 19.7. The van der Waals surface area contributed by atoms with E-state index in [1.165, 1.54) is 5.56 Å². The highest BCUT2D eigenvalue weighted by Crippen LogP contribution is 2.33. The van der Waals surface area contributed by atoms with Crippen molar-refractivity contribution < 1.29 is 14.3 Å². The van der Waals surface area contributed by atoms with Gasteiger partial charge in [0.25, 0.3) is 5.91 Å². The Balaban J connectivity index is 1.17. The molecule has 8 nitrogen and oxygen atoms in total. The zero-order chi connectivity index (χ0) is 23.8. The van der Waals surface area contributed by atoms with Gasteiger partial charge in [-0.3, -0.25) is 9.69 Å². The van der Waals surface area contributed by atoms with Crippen LogP contribution >= 0.6 is 0 Å². The lowest BCUT2D eigenvalue weighted by molar-refractivity contribution is 0.0626. The maximum absolute atomic E-state index is 13.5. The summed E-state index contributed by atoms with van der Waals surface area (Å²) in [6.07, 6.45) is 2.41. The Morgan fingerprint density at radius 1 is 0.971 bits per heavy atom. The monoisotopic (exact) mass is 469 g/mol. The highest BCUT2D eigenvalue weighted by molar-refractivity contribution is 5.95. The van der Waals surface area contributed by atoms with Crippen molar-refractivity contribution in [3.05, 3.63) is 77.6 Å². The predicted octanol–water partition coefficient (Wildman–Crippen LogP) is 3.65. The summed E-state index contributed by atoms with van der Waals surface area (Å²) in [5.41, 5.74) is 5.36. The Hall–Kier alpha value is -3.91. The first-order valence-electron chi connectivity index (χ1n) is 12.0. The SMILES string of the molecule is CCc1c(C(=O)N2CCN(Cc3ccc4c(c3)OCO4)CC2)cnc2cc(-c3ccccc3)nn12. The molecular formula is C27H27N5O3. The lowest BCUT2D eigenvalue weighted by Gasteiger charge is -2.35. The first kappa shape index (κ1) is 21.6. The topological polar surface area (TPSA) is 72.2 Å². The Bertz CT molecular complexity index is 1380. The Morgan fingerprint density at radius 3 is 2.57 bits per heavy atom. The summed E-state index contributed by atoms with van der Waals surface area (Å²) in [6.45, 7) is 6.15. The van der Waals surface area contributed by atoms with Crippen molar-refractivity contribution in [2.75, 3.05) is 33.0 Å². The number of fused-ring (bicyclic) bond motifs is 2. The molecule has 2 aliphatic rings. The third kappa shape index (κ3) is 4.10. The van der Waals surface area contributed by atoms with Gasteiger partial charge in [-0.15, -0.1) is 0 Å². The van der Waals surface area contributed by atoms with Crippen LogP contribution in [0.5, 0.6) is 11.5 Å². The normalized spacial score (nSPS) is 15.6. The molecule has 0 unspecified atom stereocenters. The molecule has 2 aliphatic heterocycles. The second-order valence-electron chi connectivity index (χ2n) is 8.89. The lowest BCUT2D eigenvalue weighted by Crippen LogP contribution is -2.48. The Kier molecular flexibility index (Phi) is 5.58. The molecule has 0 bridgehead atoms. The number of hydrogen-bond donors (Lipinski definition) is 0. The maximum atomic E-state index is 13.5. The maximum Gasteiger partial charge on any atom is 0.257 e. The van der Waals surface area contributed by atoms with Gasteiger partial charge in [0.15, 0.2) is 17.1 Å². The number of aryl methyl sites for hydroxylation is 1. The molecule has 0 aliphatic carbocycles. The van der Waals surface area contributed by atoms with Crippen LogP contribution in [-0.4, -0.2) is 63.3 Å². The van der Waals surface area contributed by atoms with E-state index in [9.17, 15) is 4.79 Å². The van der Waals surface area contributed by atoms with Crippen LogP contribution in [0.4, 0.5) is 0 Å². The number of hydrogen-bond acceptors (Lipinski definition) is 6. The van der Waals surface area contributed by atoms with Crippen LogP contribution in [0.15, 0.2) is 60.8 Å². The average molecular weight is 470 g/mol. The van der Waals surface area contributed by atoms with Crippen LogP contribution in [0.3, 0.4) is 0 Å². The molecule has 0 N–H and O–H groups in total. The van der Waals surface area contributed by atoms with E-state index in [0.29, 0.717) is 25.1 Å². The number of carbonyl (C=O) groups excluding carboxylic acids is 1. The van der Waals surface area contributed by atoms with Crippen LogP contribution in [0, 0.1) is 0 Å². The average Bonchev–Trinajstić information content (AvgIpc) is 3.55. The number of ether oxygens (including phenoxy) is 2. The number of amides is 1. The van der Waals surface area contributed by atoms with Crippen molar-refractivity contribution in [3.63, 3.8) is 0 Å². The number of nitrogens with zero attached hydrogens (tertiary/aromatic N) is 5. The molecule has 178 valence electrons. The molecule has 8 heteroatoms. The minimum Gasteiger partial charge on any atom is -0.454 e. The standard InChI is InChI=1S/C27H27N5O3/c1-2-23-21(16-28-26-15-22(29-32(23)26)20-6-4-3-5-7-20)27(33)31-12-10-30(11-13-31)17-19-8-9-24-25(14-19)35-18-34-24/h3-9,14-16H,2,10-13,17-18H2,1H3. The summed E-state index contributed by atoms with van der Waals surface area (Å²) in [4.78, 5) is 22.4. The first-order chi connectivity index (χ1) is 17.2. The number of benzene rings is 2. The number of piperazine rings is 1. The summed E-state index contributed by atoms with van der Waals surface area (Å²) >= 11 is 0. The van der Waals surface area contributed by atoms with Gasteiger partial charge in [-0.2, -0.15) is 5.10 Å². The summed E-state index contributed by atoms with van der Waals surface area (Å²) in [5.74, 6) is 1.63. The molecule has 35 heavy (non-hydrogen) atoms. The summed E-state index contributed by atoms with van der Waals surface area (Å²) in [6, 6.07) is 18.1. The molecule has 6 rings (SSSR count).